The van der Waals surface area contributed by atoms with Crippen LogP contribution in [0.1, 0.15) is 18.4 Å². The minimum atomic E-state index is -0.499. The Kier molecular flexibility index (Phi) is 3.58. The van der Waals surface area contributed by atoms with E-state index >= 15 is 0 Å². The van der Waals surface area contributed by atoms with E-state index in [1.54, 1.807) is 6.07 Å². The Morgan fingerprint density at radius 3 is 3.00 bits per heavy atom. The molecule has 1 unspecified atom stereocenters. The number of nitrogens with one attached hydrogen (secondary N) is 1. The minimum Gasteiger partial charge on any atom is -0.488 e. The summed E-state index contributed by atoms with van der Waals surface area (Å²) in [6, 6.07) is 4.33. The summed E-state index contributed by atoms with van der Waals surface area (Å²) in [5.41, 5.74) is 0.411. The summed E-state index contributed by atoms with van der Waals surface area (Å²) in [7, 11) is 0. The van der Waals surface area contributed by atoms with Crippen LogP contribution in [0.2, 0.25) is 0 Å². The molecule has 17 heavy (non-hydrogen) atoms. The van der Waals surface area contributed by atoms with Gasteiger partial charge in [-0.05, 0) is 12.5 Å². The Hall–Kier alpha value is -1.62. The summed E-state index contributed by atoms with van der Waals surface area (Å²) in [5, 5.41) is 11.8. The van der Waals surface area contributed by atoms with Crippen molar-refractivity contribution in [1.82, 2.24) is 5.32 Å². The molecule has 1 fully saturated rings. The lowest BCUT2D eigenvalue weighted by Gasteiger charge is -2.14. The predicted molar refractivity (Wildman–Crippen MR) is 59.0 cm³/mol. The average molecular weight is 239 g/mol. The van der Waals surface area contributed by atoms with Crippen molar-refractivity contribution >= 4 is 5.91 Å². The van der Waals surface area contributed by atoms with Crippen LogP contribution in [0.15, 0.2) is 18.2 Å². The van der Waals surface area contributed by atoms with Gasteiger partial charge in [-0.3, -0.25) is 4.79 Å². The molecule has 1 atom stereocenters. The topological polar surface area (TPSA) is 58.6 Å². The quantitative estimate of drug-likeness (QED) is 0.823. The number of amides is 1. The third-order valence-corrected chi connectivity index (χ3v) is 2.73. The van der Waals surface area contributed by atoms with E-state index < -0.39 is 5.82 Å². The maximum Gasteiger partial charge on any atom is 0.220 e. The van der Waals surface area contributed by atoms with Crippen molar-refractivity contribution < 1.29 is 19.0 Å². The molecule has 1 heterocycles. The molecular formula is C12H14FNO3. The highest BCUT2D eigenvalue weighted by Crippen LogP contribution is 2.23. The molecule has 2 N–H and O–H groups in total. The molecule has 1 amide bonds. The van der Waals surface area contributed by atoms with Gasteiger partial charge in [-0.25, -0.2) is 4.39 Å². The Bertz CT molecular complexity index is 422. The van der Waals surface area contributed by atoms with Gasteiger partial charge in [0.1, 0.15) is 6.61 Å². The second kappa shape index (κ2) is 5.14. The minimum absolute atomic E-state index is 0.00508. The first-order valence-electron chi connectivity index (χ1n) is 5.51. The van der Waals surface area contributed by atoms with Gasteiger partial charge in [-0.2, -0.15) is 0 Å². The van der Waals surface area contributed by atoms with E-state index in [9.17, 15) is 9.18 Å². The van der Waals surface area contributed by atoms with Gasteiger partial charge < -0.3 is 15.2 Å². The number of hydrogen-bond donors (Lipinski definition) is 2. The van der Waals surface area contributed by atoms with Crippen LogP contribution in [0.4, 0.5) is 4.39 Å². The third kappa shape index (κ3) is 2.74. The molecule has 0 aromatic heterocycles. The van der Waals surface area contributed by atoms with E-state index in [1.807, 2.05) is 0 Å². The molecule has 92 valence electrons. The van der Waals surface area contributed by atoms with E-state index in [1.165, 1.54) is 12.1 Å². The fraction of sp³-hybridized carbons (Fsp3) is 0.417. The molecule has 0 spiro atoms. The molecule has 2 rings (SSSR count). The van der Waals surface area contributed by atoms with Crippen LogP contribution in [-0.2, 0) is 11.4 Å². The van der Waals surface area contributed by atoms with E-state index in [2.05, 4.69) is 5.32 Å². The molecule has 1 aromatic carbocycles. The Labute approximate surface area is 98.4 Å². The van der Waals surface area contributed by atoms with Crippen LogP contribution in [-0.4, -0.2) is 23.7 Å². The maximum atomic E-state index is 13.5. The molecule has 1 aliphatic rings. The van der Waals surface area contributed by atoms with E-state index in [0.29, 0.717) is 18.4 Å². The second-order valence-electron chi connectivity index (χ2n) is 4.00. The van der Waals surface area contributed by atoms with Crippen molar-refractivity contribution in [1.29, 1.82) is 0 Å². The van der Waals surface area contributed by atoms with Gasteiger partial charge in [0.2, 0.25) is 5.91 Å². The van der Waals surface area contributed by atoms with Crippen LogP contribution in [0.25, 0.3) is 0 Å². The van der Waals surface area contributed by atoms with Gasteiger partial charge in [0, 0.05) is 12.0 Å². The summed E-state index contributed by atoms with van der Waals surface area (Å²) in [6.07, 6.45) is 1.18. The standard InChI is InChI=1S/C12H14FNO3/c13-10-3-1-2-8(6-15)12(10)17-7-9-4-5-11(16)14-9/h1-3,9,15H,4-7H2,(H,14,16). The van der Waals surface area contributed by atoms with Crippen LogP contribution >= 0.6 is 0 Å². The first-order valence-corrected chi connectivity index (χ1v) is 5.51. The van der Waals surface area contributed by atoms with Crippen molar-refractivity contribution in [2.75, 3.05) is 6.61 Å². The molecule has 4 nitrogen and oxygen atoms in total. The lowest BCUT2D eigenvalue weighted by atomic mass is 10.2. The lowest BCUT2D eigenvalue weighted by Crippen LogP contribution is -2.31. The zero-order valence-electron chi connectivity index (χ0n) is 9.28. The molecule has 5 heteroatoms. The first kappa shape index (κ1) is 11.9. The zero-order chi connectivity index (χ0) is 12.3. The van der Waals surface area contributed by atoms with Crippen molar-refractivity contribution in [2.24, 2.45) is 0 Å². The Balaban J connectivity index is 2.01. The zero-order valence-corrected chi connectivity index (χ0v) is 9.28. The van der Waals surface area contributed by atoms with Crippen molar-refractivity contribution in [3.8, 4) is 5.75 Å². The molecule has 0 saturated carbocycles. The van der Waals surface area contributed by atoms with Crippen LogP contribution < -0.4 is 10.1 Å². The normalized spacial score (nSPS) is 19.2. The van der Waals surface area contributed by atoms with Crippen molar-refractivity contribution in [2.45, 2.75) is 25.5 Å². The lowest BCUT2D eigenvalue weighted by molar-refractivity contribution is -0.119. The summed E-state index contributed by atoms with van der Waals surface area (Å²) in [6.45, 7) is -0.0518. The highest BCUT2D eigenvalue weighted by Gasteiger charge is 2.22. The summed E-state index contributed by atoms with van der Waals surface area (Å²) in [5.74, 6) is -0.438. The fourth-order valence-electron chi connectivity index (χ4n) is 1.83. The van der Waals surface area contributed by atoms with Crippen LogP contribution in [0.3, 0.4) is 0 Å². The summed E-state index contributed by atoms with van der Waals surface area (Å²) >= 11 is 0. The largest absolute Gasteiger partial charge is 0.488 e. The maximum absolute atomic E-state index is 13.5. The summed E-state index contributed by atoms with van der Waals surface area (Å²) in [4.78, 5) is 11.0. The van der Waals surface area contributed by atoms with Gasteiger partial charge in [0.15, 0.2) is 11.6 Å². The number of hydrogen-bond acceptors (Lipinski definition) is 3. The number of rotatable bonds is 4. The molecular weight excluding hydrogens is 225 g/mol. The van der Waals surface area contributed by atoms with E-state index in [-0.39, 0.29) is 30.9 Å². The third-order valence-electron chi connectivity index (χ3n) is 2.73. The molecule has 0 bridgehead atoms. The fourth-order valence-corrected chi connectivity index (χ4v) is 1.83. The molecule has 1 aromatic rings. The SMILES string of the molecule is O=C1CCC(COc2c(F)cccc2CO)N1. The number of aliphatic hydroxyl groups is 1. The average Bonchev–Trinajstić information content (AvgIpc) is 2.73. The van der Waals surface area contributed by atoms with Crippen molar-refractivity contribution in [3.05, 3.63) is 29.6 Å². The van der Waals surface area contributed by atoms with E-state index in [4.69, 9.17) is 9.84 Å². The number of carbonyl (C=O) groups is 1. The highest BCUT2D eigenvalue weighted by molar-refractivity contribution is 5.78. The van der Waals surface area contributed by atoms with E-state index in [0.717, 1.165) is 0 Å². The highest BCUT2D eigenvalue weighted by atomic mass is 19.1. The molecule has 1 aliphatic heterocycles. The number of ether oxygens (including phenoxy) is 1. The number of benzene rings is 1. The number of halogens is 1. The molecule has 0 aliphatic carbocycles. The predicted octanol–water partition coefficient (Wildman–Crippen LogP) is 0.975. The Morgan fingerprint density at radius 1 is 1.53 bits per heavy atom. The first-order chi connectivity index (χ1) is 8.20. The number of aliphatic hydroxyl groups excluding tert-OH is 1. The van der Waals surface area contributed by atoms with Gasteiger partial charge in [-0.15, -0.1) is 0 Å². The number of para-hydroxylation sites is 1. The second-order valence-corrected chi connectivity index (χ2v) is 4.00. The van der Waals surface area contributed by atoms with Gasteiger partial charge in [0.05, 0.1) is 12.6 Å². The summed E-state index contributed by atoms with van der Waals surface area (Å²) < 4.78 is 18.8. The van der Waals surface area contributed by atoms with Gasteiger partial charge >= 0.3 is 0 Å². The van der Waals surface area contributed by atoms with Crippen LogP contribution in [0.5, 0.6) is 5.75 Å². The molecule has 1 saturated heterocycles. The Morgan fingerprint density at radius 2 is 2.35 bits per heavy atom. The van der Waals surface area contributed by atoms with Crippen LogP contribution in [0, 0.1) is 5.82 Å². The monoisotopic (exact) mass is 239 g/mol. The molecule has 0 radical (unpaired) electrons. The smallest absolute Gasteiger partial charge is 0.220 e. The van der Waals surface area contributed by atoms with Crippen molar-refractivity contribution in [3.63, 3.8) is 0 Å². The van der Waals surface area contributed by atoms with Gasteiger partial charge in [0.25, 0.3) is 0 Å². The van der Waals surface area contributed by atoms with Gasteiger partial charge in [-0.1, -0.05) is 12.1 Å². The number of carbonyl (C=O) groups excluding carboxylic acids is 1.